The Kier molecular flexibility index (Phi) is 7.00. The highest BCUT2D eigenvalue weighted by Crippen LogP contribution is 2.34. The zero-order valence-corrected chi connectivity index (χ0v) is 18.1. The highest BCUT2D eigenvalue weighted by molar-refractivity contribution is 7.22. The molecular formula is C22H31N3O3S. The van der Waals surface area contributed by atoms with Gasteiger partial charge in [0.1, 0.15) is 5.75 Å². The Morgan fingerprint density at radius 2 is 2.10 bits per heavy atom. The highest BCUT2D eigenvalue weighted by atomic mass is 32.1. The summed E-state index contributed by atoms with van der Waals surface area (Å²) in [6.45, 7) is 7.94. The maximum Gasteiger partial charge on any atom is 0.231 e. The third-order valence-corrected chi connectivity index (χ3v) is 6.86. The third kappa shape index (κ3) is 5.08. The molecule has 2 fully saturated rings. The van der Waals surface area contributed by atoms with Crippen molar-refractivity contribution in [2.45, 2.75) is 39.0 Å². The molecular weight excluding hydrogens is 386 g/mol. The quantitative estimate of drug-likeness (QED) is 0.651. The number of thiazole rings is 1. The predicted octanol–water partition coefficient (Wildman–Crippen LogP) is 3.94. The van der Waals surface area contributed by atoms with Gasteiger partial charge in [0.05, 0.1) is 30.0 Å². The van der Waals surface area contributed by atoms with Gasteiger partial charge in [-0.05, 0) is 44.4 Å². The number of hydrogen-bond donors (Lipinski definition) is 0. The summed E-state index contributed by atoms with van der Waals surface area (Å²) in [5.41, 5.74) is 0.936. The molecule has 0 atom stereocenters. The summed E-state index contributed by atoms with van der Waals surface area (Å²) in [5, 5.41) is 0.826. The molecule has 6 nitrogen and oxygen atoms in total. The van der Waals surface area contributed by atoms with Crippen LogP contribution in [0.3, 0.4) is 0 Å². The molecule has 1 aliphatic heterocycles. The van der Waals surface area contributed by atoms with Gasteiger partial charge >= 0.3 is 0 Å². The third-order valence-electron chi connectivity index (χ3n) is 5.82. The molecule has 1 saturated carbocycles. The van der Waals surface area contributed by atoms with Crippen LogP contribution in [0.1, 0.15) is 39.0 Å². The number of fused-ring (bicyclic) bond motifs is 1. The maximum absolute atomic E-state index is 13.3. The first-order valence-electron chi connectivity index (χ1n) is 10.9. The maximum atomic E-state index is 13.3. The molecule has 158 valence electrons. The molecule has 0 spiro atoms. The summed E-state index contributed by atoms with van der Waals surface area (Å²) in [4.78, 5) is 22.5. The second-order valence-corrected chi connectivity index (χ2v) is 8.85. The van der Waals surface area contributed by atoms with Gasteiger partial charge in [-0.25, -0.2) is 4.98 Å². The van der Waals surface area contributed by atoms with Crippen molar-refractivity contribution in [1.29, 1.82) is 0 Å². The number of ether oxygens (including phenoxy) is 2. The lowest BCUT2D eigenvalue weighted by atomic mass is 10.1. The fourth-order valence-electron chi connectivity index (χ4n) is 4.24. The van der Waals surface area contributed by atoms with Crippen LogP contribution < -0.4 is 9.64 Å². The van der Waals surface area contributed by atoms with Crippen molar-refractivity contribution in [1.82, 2.24) is 9.88 Å². The first-order valence-corrected chi connectivity index (χ1v) is 11.7. The number of carbonyl (C=O) groups excluding carboxylic acids is 1. The van der Waals surface area contributed by atoms with Crippen molar-refractivity contribution in [3.05, 3.63) is 18.2 Å². The molecule has 0 N–H and O–H groups in total. The van der Waals surface area contributed by atoms with E-state index in [1.807, 2.05) is 30.0 Å². The van der Waals surface area contributed by atoms with Crippen LogP contribution in [0.2, 0.25) is 0 Å². The largest absolute Gasteiger partial charge is 0.494 e. The molecule has 1 aliphatic carbocycles. The summed E-state index contributed by atoms with van der Waals surface area (Å²) in [6, 6.07) is 5.98. The summed E-state index contributed by atoms with van der Waals surface area (Å²) in [7, 11) is 0. The lowest BCUT2D eigenvalue weighted by molar-refractivity contribution is -0.122. The van der Waals surface area contributed by atoms with Gasteiger partial charge in [0.2, 0.25) is 5.91 Å². The minimum absolute atomic E-state index is 0.157. The number of morpholine rings is 1. The van der Waals surface area contributed by atoms with Crippen LogP contribution in [0.25, 0.3) is 10.2 Å². The number of benzene rings is 1. The summed E-state index contributed by atoms with van der Waals surface area (Å²) in [6.07, 6.45) is 5.31. The van der Waals surface area contributed by atoms with E-state index in [9.17, 15) is 4.79 Å². The van der Waals surface area contributed by atoms with Gasteiger partial charge in [0.25, 0.3) is 0 Å². The molecule has 29 heavy (non-hydrogen) atoms. The van der Waals surface area contributed by atoms with E-state index in [1.54, 1.807) is 11.3 Å². The van der Waals surface area contributed by atoms with E-state index in [-0.39, 0.29) is 11.8 Å². The molecule has 1 aromatic heterocycles. The van der Waals surface area contributed by atoms with Gasteiger partial charge in [0, 0.05) is 32.1 Å². The Labute approximate surface area is 176 Å². The fourth-order valence-corrected chi connectivity index (χ4v) is 5.26. The molecule has 0 unspecified atom stereocenters. The molecule has 1 saturated heterocycles. The van der Waals surface area contributed by atoms with E-state index in [1.165, 1.54) is 0 Å². The normalized spacial score (nSPS) is 18.4. The topological polar surface area (TPSA) is 54.9 Å². The van der Waals surface area contributed by atoms with Crippen LogP contribution in [-0.2, 0) is 9.53 Å². The Balaban J connectivity index is 1.50. The molecule has 0 radical (unpaired) electrons. The van der Waals surface area contributed by atoms with Gasteiger partial charge < -0.3 is 9.47 Å². The van der Waals surface area contributed by atoms with E-state index >= 15 is 0 Å². The number of rotatable bonds is 8. The Morgan fingerprint density at radius 1 is 1.31 bits per heavy atom. The summed E-state index contributed by atoms with van der Waals surface area (Å²) < 4.78 is 12.1. The molecule has 4 rings (SSSR count). The summed E-state index contributed by atoms with van der Waals surface area (Å²) >= 11 is 1.60. The number of hydrogen-bond acceptors (Lipinski definition) is 6. The van der Waals surface area contributed by atoms with Crippen molar-refractivity contribution >= 4 is 32.6 Å². The zero-order chi connectivity index (χ0) is 20.1. The number of carbonyl (C=O) groups is 1. The average Bonchev–Trinajstić information content (AvgIpc) is 3.41. The van der Waals surface area contributed by atoms with Crippen LogP contribution in [-0.4, -0.2) is 61.8 Å². The van der Waals surface area contributed by atoms with Crippen LogP contribution >= 0.6 is 11.3 Å². The minimum atomic E-state index is 0.157. The van der Waals surface area contributed by atoms with E-state index < -0.39 is 0 Å². The van der Waals surface area contributed by atoms with Gasteiger partial charge in [-0.15, -0.1) is 0 Å². The Hall–Kier alpha value is -1.70. The standard InChI is InChI=1S/C22H31N3O3S/c1-2-28-18-8-9-19-20(16-18)29-22(23-19)25(21(26)17-6-3-4-7-17)11-5-10-24-12-14-27-15-13-24/h8-9,16-17H,2-7,10-15H2,1H3. The predicted molar refractivity (Wildman–Crippen MR) is 117 cm³/mol. The van der Waals surface area contributed by atoms with Crippen molar-refractivity contribution in [2.75, 3.05) is 50.9 Å². The number of aromatic nitrogens is 1. The van der Waals surface area contributed by atoms with Crippen molar-refractivity contribution in [3.63, 3.8) is 0 Å². The van der Waals surface area contributed by atoms with E-state index in [0.717, 1.165) is 92.6 Å². The lowest BCUT2D eigenvalue weighted by Gasteiger charge is -2.28. The van der Waals surface area contributed by atoms with Gasteiger partial charge in [0.15, 0.2) is 5.13 Å². The van der Waals surface area contributed by atoms with E-state index in [2.05, 4.69) is 4.90 Å². The monoisotopic (exact) mass is 417 g/mol. The van der Waals surface area contributed by atoms with Crippen LogP contribution in [0.5, 0.6) is 5.75 Å². The van der Waals surface area contributed by atoms with E-state index in [0.29, 0.717) is 6.61 Å². The SMILES string of the molecule is CCOc1ccc2nc(N(CCCN3CCOCC3)C(=O)C3CCCC3)sc2c1. The second kappa shape index (κ2) is 9.87. The Morgan fingerprint density at radius 3 is 2.86 bits per heavy atom. The lowest BCUT2D eigenvalue weighted by Crippen LogP contribution is -2.40. The van der Waals surface area contributed by atoms with Gasteiger partial charge in [-0.3, -0.25) is 14.6 Å². The minimum Gasteiger partial charge on any atom is -0.494 e. The van der Waals surface area contributed by atoms with Gasteiger partial charge in [-0.2, -0.15) is 0 Å². The molecule has 2 aromatic rings. The van der Waals surface area contributed by atoms with Gasteiger partial charge in [-0.1, -0.05) is 24.2 Å². The number of nitrogens with zero attached hydrogens (tertiary/aromatic N) is 3. The Bertz CT molecular complexity index is 813. The first kappa shape index (κ1) is 20.6. The summed E-state index contributed by atoms with van der Waals surface area (Å²) in [5.74, 6) is 1.27. The van der Waals surface area contributed by atoms with Crippen molar-refractivity contribution < 1.29 is 14.3 Å². The molecule has 2 heterocycles. The van der Waals surface area contributed by atoms with Crippen molar-refractivity contribution in [3.8, 4) is 5.75 Å². The average molecular weight is 418 g/mol. The van der Waals surface area contributed by atoms with E-state index in [4.69, 9.17) is 14.5 Å². The molecule has 2 aliphatic rings. The molecule has 1 aromatic carbocycles. The zero-order valence-electron chi connectivity index (χ0n) is 17.3. The number of amides is 1. The fraction of sp³-hybridized carbons (Fsp3) is 0.636. The molecule has 0 bridgehead atoms. The smallest absolute Gasteiger partial charge is 0.231 e. The first-order chi connectivity index (χ1) is 14.2. The highest BCUT2D eigenvalue weighted by Gasteiger charge is 2.29. The van der Waals surface area contributed by atoms with Crippen LogP contribution in [0.15, 0.2) is 18.2 Å². The number of anilines is 1. The van der Waals surface area contributed by atoms with Crippen molar-refractivity contribution in [2.24, 2.45) is 5.92 Å². The van der Waals surface area contributed by atoms with Crippen LogP contribution in [0, 0.1) is 5.92 Å². The molecule has 1 amide bonds. The molecule has 7 heteroatoms. The van der Waals surface area contributed by atoms with Crippen LogP contribution in [0.4, 0.5) is 5.13 Å². The second-order valence-electron chi connectivity index (χ2n) is 7.84.